The molecule has 0 N–H and O–H groups in total. The zero-order chi connectivity index (χ0) is 13.7. The number of methoxy groups -OCH3 is 1. The Balaban J connectivity index is 2.01. The van der Waals surface area contributed by atoms with E-state index < -0.39 is 0 Å². The molecule has 20 heavy (non-hydrogen) atoms. The molecule has 2 aromatic heterocycles. The van der Waals surface area contributed by atoms with E-state index in [-0.39, 0.29) is 0 Å². The molecule has 1 aromatic carbocycles. The van der Waals surface area contributed by atoms with Gasteiger partial charge in [-0.2, -0.15) is 0 Å². The van der Waals surface area contributed by atoms with Gasteiger partial charge in [0.25, 0.3) is 0 Å². The molecule has 4 nitrogen and oxygen atoms in total. The maximum Gasteiger partial charge on any atom is 0.234 e. The molecule has 0 spiro atoms. The molecule has 0 saturated carbocycles. The highest BCUT2D eigenvalue weighted by atomic mass is 79.9. The molecule has 4 rings (SSSR count). The molecular formula is C15H12BrN3O. The third-order valence-electron chi connectivity index (χ3n) is 3.75. The van der Waals surface area contributed by atoms with Crippen molar-refractivity contribution >= 4 is 21.7 Å². The number of hydrogen-bond acceptors (Lipinski definition) is 3. The van der Waals surface area contributed by atoms with Crippen LogP contribution in [0.1, 0.15) is 11.3 Å². The minimum absolute atomic E-state index is 0.744. The second-order valence-corrected chi connectivity index (χ2v) is 5.79. The van der Waals surface area contributed by atoms with Crippen LogP contribution in [-0.2, 0) is 12.8 Å². The van der Waals surface area contributed by atoms with Crippen molar-refractivity contribution in [3.8, 4) is 17.0 Å². The van der Waals surface area contributed by atoms with E-state index in [2.05, 4.69) is 42.4 Å². The molecule has 100 valence electrons. The summed E-state index contributed by atoms with van der Waals surface area (Å²) in [5.74, 6) is 1.61. The van der Waals surface area contributed by atoms with Gasteiger partial charge >= 0.3 is 0 Å². The molecule has 2 heterocycles. The quantitative estimate of drug-likeness (QED) is 0.687. The van der Waals surface area contributed by atoms with E-state index in [9.17, 15) is 0 Å². The Hall–Kier alpha value is -1.88. The first-order valence-electron chi connectivity index (χ1n) is 6.46. The van der Waals surface area contributed by atoms with Gasteiger partial charge in [0.05, 0.1) is 23.0 Å². The Bertz CT molecular complexity index is 825. The third kappa shape index (κ3) is 1.66. The predicted molar refractivity (Wildman–Crippen MR) is 80.1 cm³/mol. The van der Waals surface area contributed by atoms with Crippen LogP contribution in [0.5, 0.6) is 5.75 Å². The molecular weight excluding hydrogens is 318 g/mol. The van der Waals surface area contributed by atoms with Gasteiger partial charge in [-0.15, -0.1) is 0 Å². The van der Waals surface area contributed by atoms with Crippen molar-refractivity contribution in [1.82, 2.24) is 14.4 Å². The standard InChI is InChI=1S/C15H12BrN3O/c1-20-11-4-2-9-3-5-13-14(12(9)6-11)18-15-17-7-10(16)8-19(13)15/h2,4,6-8H,3,5H2,1H3. The maximum absolute atomic E-state index is 5.33. The lowest BCUT2D eigenvalue weighted by molar-refractivity contribution is 0.415. The number of aromatic nitrogens is 3. The van der Waals surface area contributed by atoms with Crippen molar-refractivity contribution in [2.45, 2.75) is 12.8 Å². The lowest BCUT2D eigenvalue weighted by atomic mass is 9.92. The van der Waals surface area contributed by atoms with E-state index in [1.54, 1.807) is 13.3 Å². The van der Waals surface area contributed by atoms with E-state index in [4.69, 9.17) is 4.74 Å². The van der Waals surface area contributed by atoms with E-state index in [1.165, 1.54) is 11.3 Å². The van der Waals surface area contributed by atoms with Gasteiger partial charge in [-0.05, 0) is 46.5 Å². The highest BCUT2D eigenvalue weighted by Gasteiger charge is 2.22. The second kappa shape index (κ2) is 4.31. The van der Waals surface area contributed by atoms with E-state index >= 15 is 0 Å². The normalized spacial score (nSPS) is 13.1. The number of benzene rings is 1. The summed E-state index contributed by atoms with van der Waals surface area (Å²) in [5.41, 5.74) is 4.72. The second-order valence-electron chi connectivity index (χ2n) is 4.87. The summed E-state index contributed by atoms with van der Waals surface area (Å²) in [6.45, 7) is 0. The van der Waals surface area contributed by atoms with Crippen LogP contribution in [0.2, 0.25) is 0 Å². The number of ether oxygens (including phenoxy) is 1. The van der Waals surface area contributed by atoms with Gasteiger partial charge in [-0.3, -0.25) is 4.40 Å². The summed E-state index contributed by atoms with van der Waals surface area (Å²) in [6.07, 6.45) is 5.81. The van der Waals surface area contributed by atoms with Gasteiger partial charge in [-0.25, -0.2) is 9.97 Å². The van der Waals surface area contributed by atoms with Crippen molar-refractivity contribution < 1.29 is 4.74 Å². The first-order chi connectivity index (χ1) is 9.76. The van der Waals surface area contributed by atoms with Crippen molar-refractivity contribution in [3.63, 3.8) is 0 Å². The van der Waals surface area contributed by atoms with Gasteiger partial charge in [0.1, 0.15) is 5.75 Å². The minimum atomic E-state index is 0.744. The van der Waals surface area contributed by atoms with Crippen LogP contribution in [0.4, 0.5) is 0 Å². The fourth-order valence-electron chi connectivity index (χ4n) is 2.78. The van der Waals surface area contributed by atoms with E-state index in [0.29, 0.717) is 0 Å². The number of halogens is 1. The van der Waals surface area contributed by atoms with Crippen LogP contribution in [0, 0.1) is 0 Å². The summed E-state index contributed by atoms with van der Waals surface area (Å²) in [5, 5.41) is 0. The Morgan fingerprint density at radius 2 is 2.20 bits per heavy atom. The van der Waals surface area contributed by atoms with E-state index in [0.717, 1.165) is 40.1 Å². The summed E-state index contributed by atoms with van der Waals surface area (Å²) < 4.78 is 8.36. The molecule has 0 radical (unpaired) electrons. The highest BCUT2D eigenvalue weighted by molar-refractivity contribution is 9.10. The summed E-state index contributed by atoms with van der Waals surface area (Å²) in [6, 6.07) is 6.20. The zero-order valence-electron chi connectivity index (χ0n) is 10.9. The van der Waals surface area contributed by atoms with Crippen molar-refractivity contribution in [1.29, 1.82) is 0 Å². The van der Waals surface area contributed by atoms with Gasteiger partial charge in [-0.1, -0.05) is 6.07 Å². The average Bonchev–Trinajstić information content (AvgIpc) is 2.85. The fourth-order valence-corrected chi connectivity index (χ4v) is 3.09. The summed E-state index contributed by atoms with van der Waals surface area (Å²) >= 11 is 3.47. The van der Waals surface area contributed by atoms with Gasteiger partial charge in [0, 0.05) is 18.0 Å². The highest BCUT2D eigenvalue weighted by Crippen LogP contribution is 2.35. The van der Waals surface area contributed by atoms with Crippen LogP contribution in [0.3, 0.4) is 0 Å². The fraction of sp³-hybridized carbons (Fsp3) is 0.200. The predicted octanol–water partition coefficient (Wildman–Crippen LogP) is 3.27. The minimum Gasteiger partial charge on any atom is -0.497 e. The topological polar surface area (TPSA) is 39.4 Å². The molecule has 0 bridgehead atoms. The van der Waals surface area contributed by atoms with Crippen LogP contribution in [0.25, 0.3) is 17.0 Å². The Kier molecular flexibility index (Phi) is 2.57. The van der Waals surface area contributed by atoms with Crippen LogP contribution in [-0.4, -0.2) is 21.5 Å². The number of nitrogens with zero attached hydrogens (tertiary/aromatic N) is 3. The lowest BCUT2D eigenvalue weighted by Gasteiger charge is -2.16. The number of imidazole rings is 1. The summed E-state index contributed by atoms with van der Waals surface area (Å²) in [4.78, 5) is 9.06. The molecule has 0 amide bonds. The molecule has 0 saturated heterocycles. The average molecular weight is 330 g/mol. The van der Waals surface area contributed by atoms with Gasteiger partial charge < -0.3 is 4.74 Å². The number of rotatable bonds is 1. The first-order valence-corrected chi connectivity index (χ1v) is 7.25. The summed E-state index contributed by atoms with van der Waals surface area (Å²) in [7, 11) is 1.69. The molecule has 0 unspecified atom stereocenters. The Morgan fingerprint density at radius 1 is 1.30 bits per heavy atom. The van der Waals surface area contributed by atoms with Crippen molar-refractivity contribution in [2.75, 3.05) is 7.11 Å². The molecule has 1 aliphatic rings. The SMILES string of the molecule is COc1ccc2c(c1)-c1nc3ncc(Br)cn3c1CC2. The van der Waals surface area contributed by atoms with Crippen molar-refractivity contribution in [2.24, 2.45) is 0 Å². The third-order valence-corrected chi connectivity index (χ3v) is 4.16. The maximum atomic E-state index is 5.33. The lowest BCUT2D eigenvalue weighted by Crippen LogP contribution is -2.05. The van der Waals surface area contributed by atoms with Gasteiger partial charge in [0.15, 0.2) is 0 Å². The van der Waals surface area contributed by atoms with Crippen LogP contribution in [0.15, 0.2) is 35.1 Å². The zero-order valence-corrected chi connectivity index (χ0v) is 12.5. The molecule has 1 aliphatic carbocycles. The number of hydrogen-bond donors (Lipinski definition) is 0. The van der Waals surface area contributed by atoms with Crippen molar-refractivity contribution in [3.05, 3.63) is 46.3 Å². The molecule has 0 fully saturated rings. The monoisotopic (exact) mass is 329 g/mol. The van der Waals surface area contributed by atoms with Gasteiger partial charge in [0.2, 0.25) is 5.78 Å². The Labute approximate surface area is 124 Å². The Morgan fingerprint density at radius 3 is 3.05 bits per heavy atom. The van der Waals surface area contributed by atoms with Crippen LogP contribution >= 0.6 is 15.9 Å². The van der Waals surface area contributed by atoms with Crippen LogP contribution < -0.4 is 4.74 Å². The molecule has 5 heteroatoms. The smallest absolute Gasteiger partial charge is 0.234 e. The largest absolute Gasteiger partial charge is 0.497 e. The first kappa shape index (κ1) is 11.9. The number of fused-ring (bicyclic) bond motifs is 5. The number of aryl methyl sites for hydroxylation is 2. The molecule has 0 atom stereocenters. The van der Waals surface area contributed by atoms with E-state index in [1.807, 2.05) is 12.3 Å². The molecule has 0 aliphatic heterocycles. The molecule has 3 aromatic rings.